The van der Waals surface area contributed by atoms with E-state index in [-0.39, 0.29) is 12.4 Å². The van der Waals surface area contributed by atoms with Crippen molar-refractivity contribution in [1.82, 2.24) is 9.91 Å². The van der Waals surface area contributed by atoms with Crippen LogP contribution in [0.4, 0.5) is 0 Å². The SMILES string of the molecule is COc1ccc(/C(C)=N\N2CCN(Cc3cccc4ccccc34)CC2)cc1OC.Cl. The van der Waals surface area contributed by atoms with Gasteiger partial charge in [0, 0.05) is 38.3 Å². The Morgan fingerprint density at radius 3 is 2.32 bits per heavy atom. The molecule has 3 aromatic rings. The molecule has 1 heterocycles. The quantitative estimate of drug-likeness (QED) is 0.516. The Morgan fingerprint density at radius 2 is 1.58 bits per heavy atom. The highest BCUT2D eigenvalue weighted by Crippen LogP contribution is 2.28. The van der Waals surface area contributed by atoms with E-state index >= 15 is 0 Å². The van der Waals surface area contributed by atoms with Gasteiger partial charge in [-0.05, 0) is 41.5 Å². The third-order valence-corrected chi connectivity index (χ3v) is 5.72. The van der Waals surface area contributed by atoms with E-state index in [4.69, 9.17) is 14.6 Å². The number of hydrazone groups is 1. The molecule has 0 bridgehead atoms. The van der Waals surface area contributed by atoms with Gasteiger partial charge in [-0.15, -0.1) is 12.4 Å². The largest absolute Gasteiger partial charge is 0.493 e. The van der Waals surface area contributed by atoms with Crippen LogP contribution in [0.1, 0.15) is 18.1 Å². The van der Waals surface area contributed by atoms with Gasteiger partial charge in [0.1, 0.15) is 0 Å². The van der Waals surface area contributed by atoms with Crippen LogP contribution < -0.4 is 9.47 Å². The first-order valence-electron chi connectivity index (χ1n) is 10.4. The summed E-state index contributed by atoms with van der Waals surface area (Å²) < 4.78 is 10.7. The van der Waals surface area contributed by atoms with Crippen LogP contribution in [-0.4, -0.2) is 56.0 Å². The minimum absolute atomic E-state index is 0. The average molecular weight is 440 g/mol. The zero-order valence-electron chi connectivity index (χ0n) is 18.4. The van der Waals surface area contributed by atoms with Crippen LogP contribution >= 0.6 is 12.4 Å². The molecule has 164 valence electrons. The standard InChI is InChI=1S/C25H29N3O2.ClH/c1-19(21-11-12-24(29-2)25(17-21)30-3)26-28-15-13-27(14-16-28)18-22-9-6-8-20-7-4-5-10-23(20)22;/h4-12,17H,13-16,18H2,1-3H3;1H/b26-19-;. The van der Waals surface area contributed by atoms with Crippen molar-refractivity contribution in [3.8, 4) is 11.5 Å². The number of benzene rings is 3. The number of methoxy groups -OCH3 is 2. The molecule has 3 aromatic carbocycles. The van der Waals surface area contributed by atoms with Crippen molar-refractivity contribution in [2.45, 2.75) is 13.5 Å². The number of ether oxygens (including phenoxy) is 2. The van der Waals surface area contributed by atoms with Gasteiger partial charge in [0.25, 0.3) is 0 Å². The third kappa shape index (κ3) is 5.30. The molecule has 31 heavy (non-hydrogen) atoms. The Labute approximate surface area is 190 Å². The highest BCUT2D eigenvalue weighted by molar-refractivity contribution is 5.99. The molecule has 0 unspecified atom stereocenters. The fraction of sp³-hybridized carbons (Fsp3) is 0.320. The zero-order valence-corrected chi connectivity index (χ0v) is 19.2. The molecule has 0 saturated carbocycles. The van der Waals surface area contributed by atoms with Gasteiger partial charge in [-0.25, -0.2) is 0 Å². The monoisotopic (exact) mass is 439 g/mol. The fourth-order valence-electron chi connectivity index (χ4n) is 4.00. The van der Waals surface area contributed by atoms with Crippen molar-refractivity contribution in [2.24, 2.45) is 5.10 Å². The van der Waals surface area contributed by atoms with E-state index in [1.54, 1.807) is 14.2 Å². The summed E-state index contributed by atoms with van der Waals surface area (Å²) >= 11 is 0. The number of hydrogen-bond acceptors (Lipinski definition) is 5. The fourth-order valence-corrected chi connectivity index (χ4v) is 4.00. The molecule has 0 aliphatic carbocycles. The molecule has 1 aliphatic heterocycles. The summed E-state index contributed by atoms with van der Waals surface area (Å²) in [5.41, 5.74) is 3.43. The van der Waals surface area contributed by atoms with E-state index in [1.165, 1.54) is 16.3 Å². The van der Waals surface area contributed by atoms with Gasteiger partial charge in [-0.1, -0.05) is 42.5 Å². The molecule has 0 spiro atoms. The van der Waals surface area contributed by atoms with Gasteiger partial charge < -0.3 is 9.47 Å². The molecular weight excluding hydrogens is 410 g/mol. The van der Waals surface area contributed by atoms with Gasteiger partial charge in [-0.2, -0.15) is 5.10 Å². The lowest BCUT2D eigenvalue weighted by Crippen LogP contribution is -2.43. The van der Waals surface area contributed by atoms with E-state index < -0.39 is 0 Å². The lowest BCUT2D eigenvalue weighted by atomic mass is 10.0. The second kappa shape index (κ2) is 10.5. The first-order valence-corrected chi connectivity index (χ1v) is 10.4. The normalized spacial score (nSPS) is 14.9. The molecule has 0 atom stereocenters. The van der Waals surface area contributed by atoms with Crippen LogP contribution in [0.3, 0.4) is 0 Å². The first-order chi connectivity index (χ1) is 14.7. The molecule has 0 aromatic heterocycles. The maximum absolute atomic E-state index is 5.42. The van der Waals surface area contributed by atoms with E-state index in [0.29, 0.717) is 0 Å². The molecule has 1 saturated heterocycles. The van der Waals surface area contributed by atoms with Gasteiger partial charge >= 0.3 is 0 Å². The Morgan fingerprint density at radius 1 is 0.871 bits per heavy atom. The second-order valence-electron chi connectivity index (χ2n) is 7.62. The summed E-state index contributed by atoms with van der Waals surface area (Å²) in [4.78, 5) is 2.51. The van der Waals surface area contributed by atoms with Crippen molar-refractivity contribution < 1.29 is 9.47 Å². The number of piperazine rings is 1. The maximum atomic E-state index is 5.42. The van der Waals surface area contributed by atoms with E-state index in [9.17, 15) is 0 Å². The van der Waals surface area contributed by atoms with Crippen LogP contribution in [0.5, 0.6) is 11.5 Å². The molecule has 4 rings (SSSR count). The minimum atomic E-state index is 0. The highest BCUT2D eigenvalue weighted by Gasteiger charge is 2.17. The highest BCUT2D eigenvalue weighted by atomic mass is 35.5. The number of fused-ring (bicyclic) bond motifs is 1. The van der Waals surface area contributed by atoms with Gasteiger partial charge in [0.15, 0.2) is 11.5 Å². The van der Waals surface area contributed by atoms with Crippen molar-refractivity contribution in [1.29, 1.82) is 0 Å². The molecular formula is C25H30ClN3O2. The first kappa shape index (κ1) is 22.9. The predicted octanol–water partition coefficient (Wildman–Crippen LogP) is 4.82. The summed E-state index contributed by atoms with van der Waals surface area (Å²) in [6.45, 7) is 6.89. The number of nitrogens with zero attached hydrogens (tertiary/aromatic N) is 3. The maximum Gasteiger partial charge on any atom is 0.161 e. The predicted molar refractivity (Wildman–Crippen MR) is 130 cm³/mol. The summed E-state index contributed by atoms with van der Waals surface area (Å²) in [6.07, 6.45) is 0. The van der Waals surface area contributed by atoms with Crippen molar-refractivity contribution in [3.05, 3.63) is 71.8 Å². The average Bonchev–Trinajstić information content (AvgIpc) is 2.80. The summed E-state index contributed by atoms with van der Waals surface area (Å²) in [7, 11) is 3.31. The molecule has 0 amide bonds. The Hall–Kier alpha value is -2.76. The smallest absolute Gasteiger partial charge is 0.161 e. The number of rotatable bonds is 6. The third-order valence-electron chi connectivity index (χ3n) is 5.72. The van der Waals surface area contributed by atoms with Crippen LogP contribution in [0.25, 0.3) is 10.8 Å². The van der Waals surface area contributed by atoms with Crippen LogP contribution in [0.2, 0.25) is 0 Å². The molecule has 6 heteroatoms. The van der Waals surface area contributed by atoms with E-state index in [2.05, 4.69) is 52.4 Å². The molecule has 0 radical (unpaired) electrons. The summed E-state index contributed by atoms with van der Waals surface area (Å²) in [5, 5.41) is 9.69. The van der Waals surface area contributed by atoms with Crippen molar-refractivity contribution in [3.63, 3.8) is 0 Å². The van der Waals surface area contributed by atoms with Crippen LogP contribution in [0.15, 0.2) is 65.8 Å². The van der Waals surface area contributed by atoms with Gasteiger partial charge in [0.2, 0.25) is 0 Å². The lowest BCUT2D eigenvalue weighted by Gasteiger charge is -2.33. The van der Waals surface area contributed by atoms with Gasteiger partial charge in [0.05, 0.1) is 19.9 Å². The van der Waals surface area contributed by atoms with Crippen LogP contribution in [-0.2, 0) is 6.54 Å². The Balaban J connectivity index is 0.00000272. The summed E-state index contributed by atoms with van der Waals surface area (Å²) in [5.74, 6) is 1.46. The Kier molecular flexibility index (Phi) is 7.77. The van der Waals surface area contributed by atoms with Crippen molar-refractivity contribution >= 4 is 28.9 Å². The number of hydrogen-bond donors (Lipinski definition) is 0. The van der Waals surface area contributed by atoms with E-state index in [1.807, 2.05) is 25.1 Å². The van der Waals surface area contributed by atoms with Crippen LogP contribution in [0, 0.1) is 0 Å². The summed E-state index contributed by atoms with van der Waals surface area (Å²) in [6, 6.07) is 21.1. The lowest BCUT2D eigenvalue weighted by molar-refractivity contribution is 0.131. The zero-order chi connectivity index (χ0) is 20.9. The van der Waals surface area contributed by atoms with Crippen molar-refractivity contribution in [2.75, 3.05) is 40.4 Å². The molecule has 1 fully saturated rings. The molecule has 0 N–H and O–H groups in total. The topological polar surface area (TPSA) is 37.3 Å². The number of halogens is 1. The second-order valence-corrected chi connectivity index (χ2v) is 7.62. The Bertz CT molecular complexity index is 1040. The molecule has 1 aliphatic rings. The van der Waals surface area contributed by atoms with E-state index in [0.717, 1.165) is 55.5 Å². The van der Waals surface area contributed by atoms with Gasteiger partial charge in [-0.3, -0.25) is 9.91 Å². The molecule has 5 nitrogen and oxygen atoms in total. The minimum Gasteiger partial charge on any atom is -0.493 e.